The lowest BCUT2D eigenvalue weighted by Crippen LogP contribution is -2.51. The minimum absolute atomic E-state index is 0.0212. The number of Topliss-reactive ketones (excluding diaryl/α,β-unsaturated/α-hetero) is 2. The molecule has 3 aliphatic carbocycles. The van der Waals surface area contributed by atoms with Gasteiger partial charge in [-0.2, -0.15) is 0 Å². The Kier molecular flexibility index (Phi) is 12.5. The fraction of sp³-hybridized carbons (Fsp3) is 0.591. The molecule has 1 aromatic heterocycles. The van der Waals surface area contributed by atoms with Crippen molar-refractivity contribution in [3.63, 3.8) is 0 Å². The molecule has 7 rings (SSSR count). The SMILES string of the molecule is C=C[C@H]1C[C@@]1(CC(=O)C1C[C@@H](OC(=O)N2Cc3cccc(F)c3C2)CN1C(=O)[C@@H](CC(=O)[C@@H](NC(=O)c1cnccn1)C1CCCCC1)C(C)(C)C)C(=O)NS(=O)(=O)C1CC1. The topological polar surface area (TPSA) is 202 Å². The van der Waals surface area contributed by atoms with E-state index in [1.54, 1.807) is 12.1 Å². The van der Waals surface area contributed by atoms with Crippen molar-refractivity contribution in [1.29, 1.82) is 0 Å². The number of nitrogens with one attached hydrogen (secondary N) is 2. The molecular weight excluding hydrogens is 808 g/mol. The van der Waals surface area contributed by atoms with Crippen molar-refractivity contribution in [3.8, 4) is 0 Å². The molecule has 2 aromatic rings. The van der Waals surface area contributed by atoms with Gasteiger partial charge in [-0.15, -0.1) is 6.58 Å². The Morgan fingerprint density at radius 2 is 1.79 bits per heavy atom. The number of aromatic nitrogens is 2. The fourth-order valence-electron chi connectivity index (χ4n) is 9.32. The van der Waals surface area contributed by atoms with Gasteiger partial charge >= 0.3 is 6.09 Å². The molecule has 4 amide bonds. The van der Waals surface area contributed by atoms with Crippen LogP contribution in [-0.2, 0) is 47.0 Å². The van der Waals surface area contributed by atoms with E-state index in [4.69, 9.17) is 4.74 Å². The Morgan fingerprint density at radius 1 is 1.05 bits per heavy atom. The maximum atomic E-state index is 15.0. The van der Waals surface area contributed by atoms with Crippen LogP contribution < -0.4 is 10.0 Å². The number of benzene rings is 1. The Hall–Kier alpha value is -5.06. The van der Waals surface area contributed by atoms with E-state index >= 15 is 4.79 Å². The van der Waals surface area contributed by atoms with Gasteiger partial charge in [-0.3, -0.25) is 38.6 Å². The first-order valence-electron chi connectivity index (χ1n) is 21.2. The summed E-state index contributed by atoms with van der Waals surface area (Å²) in [5.74, 6) is -4.87. The number of carbonyl (C=O) groups excluding carboxylic acids is 6. The van der Waals surface area contributed by atoms with E-state index in [1.807, 2.05) is 20.8 Å². The van der Waals surface area contributed by atoms with E-state index in [1.165, 1.54) is 40.5 Å². The Bertz CT molecular complexity index is 2190. The molecule has 5 aliphatic rings. The third-order valence-electron chi connectivity index (χ3n) is 13.2. The third kappa shape index (κ3) is 9.56. The molecule has 15 nitrogen and oxygen atoms in total. The predicted molar refractivity (Wildman–Crippen MR) is 219 cm³/mol. The molecule has 0 spiro atoms. The van der Waals surface area contributed by atoms with Crippen LogP contribution in [-0.4, -0.2) is 93.5 Å². The van der Waals surface area contributed by atoms with Gasteiger partial charge in [0.25, 0.3) is 5.91 Å². The van der Waals surface area contributed by atoms with Gasteiger partial charge in [0.1, 0.15) is 17.6 Å². The van der Waals surface area contributed by atoms with Crippen LogP contribution in [0.4, 0.5) is 9.18 Å². The molecule has 1 unspecified atom stereocenters. The molecule has 4 fully saturated rings. The summed E-state index contributed by atoms with van der Waals surface area (Å²) < 4.78 is 48.3. The standard InChI is InChI=1S/C44H55FN6O9S/c1-5-28-20-44(28,41(56)49-61(58,59)30-14-15-30)21-37(53)35-18-29(60-42(57)50-23-27-12-9-13-33(45)31(27)25-50)24-51(35)40(55)32(43(2,3)4)19-36(52)38(26-10-7-6-8-11-26)48-39(54)34-22-46-16-17-47-34/h5,9,12-13,16-17,22,26,28-30,32,35,38H,1,6-8,10-11,14-15,18-21,23-25H2,2-4H3,(H,48,54)(H,49,56)/t28-,29+,32+,35?,38-,44-/m0/s1. The number of ketones is 2. The molecule has 17 heteroatoms. The van der Waals surface area contributed by atoms with Crippen LogP contribution in [0.25, 0.3) is 0 Å². The first kappa shape index (κ1) is 44.0. The smallest absolute Gasteiger partial charge is 0.410 e. The number of nitrogens with zero attached hydrogens (tertiary/aromatic N) is 4. The summed E-state index contributed by atoms with van der Waals surface area (Å²) in [7, 11) is -3.93. The van der Waals surface area contributed by atoms with E-state index < -0.39 is 98.0 Å². The number of amides is 4. The maximum absolute atomic E-state index is 15.0. The lowest BCUT2D eigenvalue weighted by Gasteiger charge is -2.36. The van der Waals surface area contributed by atoms with Crippen molar-refractivity contribution in [2.45, 2.75) is 128 Å². The monoisotopic (exact) mass is 862 g/mol. The highest BCUT2D eigenvalue weighted by atomic mass is 32.2. The largest absolute Gasteiger partial charge is 0.444 e. The molecule has 1 aromatic carbocycles. The summed E-state index contributed by atoms with van der Waals surface area (Å²) in [5.41, 5.74) is -1.17. The normalized spacial score (nSPS) is 24.9. The van der Waals surface area contributed by atoms with Gasteiger partial charge in [-0.1, -0.05) is 58.2 Å². The van der Waals surface area contributed by atoms with Crippen LogP contribution in [0, 0.1) is 34.4 Å². The van der Waals surface area contributed by atoms with E-state index in [-0.39, 0.29) is 56.3 Å². The van der Waals surface area contributed by atoms with Crippen LogP contribution in [0.1, 0.15) is 113 Å². The number of sulfonamides is 1. The van der Waals surface area contributed by atoms with Crippen molar-refractivity contribution in [2.24, 2.45) is 28.6 Å². The molecule has 0 radical (unpaired) electrons. The summed E-state index contributed by atoms with van der Waals surface area (Å²) in [6, 6.07) is 2.49. The van der Waals surface area contributed by atoms with Gasteiger partial charge in [0, 0.05) is 49.7 Å². The lowest BCUT2D eigenvalue weighted by molar-refractivity contribution is -0.146. The van der Waals surface area contributed by atoms with Crippen LogP contribution in [0.5, 0.6) is 0 Å². The number of ether oxygens (including phenoxy) is 1. The van der Waals surface area contributed by atoms with Gasteiger partial charge in [0.15, 0.2) is 11.6 Å². The van der Waals surface area contributed by atoms with Crippen LogP contribution in [0.2, 0.25) is 0 Å². The molecule has 6 atom stereocenters. The first-order chi connectivity index (χ1) is 28.9. The quantitative estimate of drug-likeness (QED) is 0.233. The summed E-state index contributed by atoms with van der Waals surface area (Å²) >= 11 is 0. The number of hydrogen-bond donors (Lipinski definition) is 2. The first-order valence-corrected chi connectivity index (χ1v) is 22.8. The van der Waals surface area contributed by atoms with Crippen LogP contribution >= 0.6 is 0 Å². The number of likely N-dealkylation sites (tertiary alicyclic amines) is 1. The van der Waals surface area contributed by atoms with E-state index in [0.29, 0.717) is 36.8 Å². The van der Waals surface area contributed by atoms with Crippen molar-refractivity contribution < 1.29 is 46.3 Å². The van der Waals surface area contributed by atoms with E-state index in [9.17, 15) is 36.8 Å². The van der Waals surface area contributed by atoms with Crippen molar-refractivity contribution in [1.82, 2.24) is 29.8 Å². The van der Waals surface area contributed by atoms with E-state index in [0.717, 1.165) is 19.3 Å². The molecule has 328 valence electrons. The number of halogens is 1. The number of carbonyl (C=O) groups is 6. The molecule has 1 saturated heterocycles. The minimum Gasteiger partial charge on any atom is -0.444 e. The highest BCUT2D eigenvalue weighted by molar-refractivity contribution is 7.90. The van der Waals surface area contributed by atoms with Crippen molar-refractivity contribution in [2.75, 3.05) is 6.54 Å². The zero-order valence-corrected chi connectivity index (χ0v) is 35.8. The fourth-order valence-corrected chi connectivity index (χ4v) is 10.7. The minimum atomic E-state index is -3.93. The van der Waals surface area contributed by atoms with Gasteiger partial charge in [-0.25, -0.2) is 22.6 Å². The summed E-state index contributed by atoms with van der Waals surface area (Å²) in [6.45, 7) is 9.11. The number of allylic oxidation sites excluding steroid dienone is 1. The Morgan fingerprint density at radius 3 is 2.41 bits per heavy atom. The summed E-state index contributed by atoms with van der Waals surface area (Å²) in [4.78, 5) is 95.4. The zero-order chi connectivity index (χ0) is 43.9. The highest BCUT2D eigenvalue weighted by Gasteiger charge is 2.61. The molecule has 3 heterocycles. The lowest BCUT2D eigenvalue weighted by atomic mass is 9.74. The zero-order valence-electron chi connectivity index (χ0n) is 34.9. The van der Waals surface area contributed by atoms with Crippen molar-refractivity contribution >= 4 is 45.4 Å². The van der Waals surface area contributed by atoms with Gasteiger partial charge in [0.05, 0.1) is 42.0 Å². The third-order valence-corrected chi connectivity index (χ3v) is 15.0. The maximum Gasteiger partial charge on any atom is 0.410 e. The average Bonchev–Trinajstić information content (AvgIpc) is 4.12. The molecule has 3 saturated carbocycles. The summed E-state index contributed by atoms with van der Waals surface area (Å²) in [5, 5.41) is 2.23. The van der Waals surface area contributed by atoms with Gasteiger partial charge in [0.2, 0.25) is 21.8 Å². The van der Waals surface area contributed by atoms with Crippen LogP contribution in [0.3, 0.4) is 0 Å². The van der Waals surface area contributed by atoms with Gasteiger partial charge < -0.3 is 15.0 Å². The predicted octanol–water partition coefficient (Wildman–Crippen LogP) is 4.80. The molecular formula is C44H55FN6O9S. The molecule has 2 N–H and O–H groups in total. The number of hydrogen-bond acceptors (Lipinski definition) is 11. The highest BCUT2D eigenvalue weighted by Crippen LogP contribution is 2.57. The van der Waals surface area contributed by atoms with Gasteiger partial charge in [-0.05, 0) is 61.0 Å². The Labute approximate surface area is 355 Å². The van der Waals surface area contributed by atoms with Crippen LogP contribution in [0.15, 0.2) is 49.4 Å². The number of rotatable bonds is 15. The second-order valence-electron chi connectivity index (χ2n) is 18.5. The second-order valence-corrected chi connectivity index (χ2v) is 20.5. The average molecular weight is 863 g/mol. The Balaban J connectivity index is 1.14. The number of fused-ring (bicyclic) bond motifs is 1. The summed E-state index contributed by atoms with van der Waals surface area (Å²) in [6.07, 6.45) is 8.35. The van der Waals surface area contributed by atoms with E-state index in [2.05, 4.69) is 26.6 Å². The van der Waals surface area contributed by atoms with Crippen molar-refractivity contribution in [3.05, 3.63) is 72.1 Å². The molecule has 2 aliphatic heterocycles. The second kappa shape index (κ2) is 17.4. The molecule has 0 bridgehead atoms. The molecule has 61 heavy (non-hydrogen) atoms.